The molecule has 0 fully saturated rings. The number of carbonyl (C=O) groups is 1. The van der Waals surface area contributed by atoms with Crippen molar-refractivity contribution in [3.63, 3.8) is 0 Å². The molecule has 1 amide bonds. The number of aromatic nitrogens is 4. The molecule has 26 heavy (non-hydrogen) atoms. The van der Waals surface area contributed by atoms with Gasteiger partial charge in [-0.25, -0.2) is 14.2 Å². The summed E-state index contributed by atoms with van der Waals surface area (Å²) in [6, 6.07) is 3.59. The van der Waals surface area contributed by atoms with Crippen molar-refractivity contribution in [2.75, 3.05) is 5.32 Å². The van der Waals surface area contributed by atoms with E-state index < -0.39 is 29.0 Å². The summed E-state index contributed by atoms with van der Waals surface area (Å²) in [6.07, 6.45) is 1.34. The van der Waals surface area contributed by atoms with Crippen LogP contribution in [-0.4, -0.2) is 24.6 Å². The van der Waals surface area contributed by atoms with Crippen LogP contribution < -0.4 is 16.6 Å². The topological polar surface area (TPSA) is 90.9 Å². The highest BCUT2D eigenvalue weighted by Crippen LogP contribution is 2.18. The summed E-state index contributed by atoms with van der Waals surface area (Å²) in [5, 5.41) is 2.62. The average molecular weight is 359 g/mol. The van der Waals surface area contributed by atoms with Gasteiger partial charge in [0.1, 0.15) is 11.9 Å². The number of benzene rings is 1. The van der Waals surface area contributed by atoms with Gasteiger partial charge in [0.15, 0.2) is 11.2 Å². The molecule has 1 aromatic carbocycles. The van der Waals surface area contributed by atoms with Gasteiger partial charge in [0.2, 0.25) is 5.91 Å². The summed E-state index contributed by atoms with van der Waals surface area (Å²) in [5.41, 5.74) is 0.0869. The van der Waals surface area contributed by atoms with Crippen molar-refractivity contribution in [1.82, 2.24) is 18.7 Å². The Hall–Kier alpha value is -3.23. The van der Waals surface area contributed by atoms with E-state index in [4.69, 9.17) is 0 Å². The van der Waals surface area contributed by atoms with Gasteiger partial charge in [0, 0.05) is 19.8 Å². The molecule has 1 unspecified atom stereocenters. The number of nitrogens with one attached hydrogen (secondary N) is 1. The molecule has 3 aromatic rings. The summed E-state index contributed by atoms with van der Waals surface area (Å²) in [5.74, 6) is -0.865. The smallest absolute Gasteiger partial charge is 0.324 e. The first-order valence-corrected chi connectivity index (χ1v) is 7.92. The Morgan fingerprint density at radius 1 is 1.23 bits per heavy atom. The molecule has 0 bridgehead atoms. The molecule has 1 N–H and O–H groups in total. The molecule has 0 saturated heterocycles. The second-order valence-corrected chi connectivity index (χ2v) is 6.16. The summed E-state index contributed by atoms with van der Waals surface area (Å²) in [4.78, 5) is 41.1. The van der Waals surface area contributed by atoms with E-state index in [0.29, 0.717) is 11.3 Å². The Kier molecular flexibility index (Phi) is 4.23. The van der Waals surface area contributed by atoms with Crippen LogP contribution in [-0.2, 0) is 18.9 Å². The zero-order valence-electron chi connectivity index (χ0n) is 14.8. The van der Waals surface area contributed by atoms with Gasteiger partial charge in [-0.1, -0.05) is 6.07 Å². The predicted octanol–water partition coefficient (Wildman–Crippen LogP) is 1.08. The summed E-state index contributed by atoms with van der Waals surface area (Å²) < 4.78 is 17.3. The van der Waals surface area contributed by atoms with Crippen LogP contribution in [0.5, 0.6) is 0 Å². The van der Waals surface area contributed by atoms with Gasteiger partial charge in [-0.3, -0.25) is 18.7 Å². The lowest BCUT2D eigenvalue weighted by Crippen LogP contribution is -2.38. The number of fused-ring (bicyclic) bond motifs is 1. The van der Waals surface area contributed by atoms with Gasteiger partial charge in [0.25, 0.3) is 5.56 Å². The van der Waals surface area contributed by atoms with E-state index in [9.17, 15) is 18.8 Å². The zero-order valence-corrected chi connectivity index (χ0v) is 14.8. The molecule has 2 aromatic heterocycles. The third-order valence-electron chi connectivity index (χ3n) is 4.41. The van der Waals surface area contributed by atoms with Gasteiger partial charge >= 0.3 is 5.69 Å². The highest BCUT2D eigenvalue weighted by molar-refractivity contribution is 5.94. The minimum Gasteiger partial charge on any atom is -0.324 e. The van der Waals surface area contributed by atoms with Crippen LogP contribution in [0.1, 0.15) is 18.5 Å². The van der Waals surface area contributed by atoms with E-state index in [0.717, 1.165) is 4.57 Å². The average Bonchev–Trinajstić information content (AvgIpc) is 3.05. The predicted molar refractivity (Wildman–Crippen MR) is 94.7 cm³/mol. The molecule has 2 heterocycles. The second-order valence-electron chi connectivity index (χ2n) is 6.16. The van der Waals surface area contributed by atoms with Gasteiger partial charge in [-0.15, -0.1) is 0 Å². The Balaban J connectivity index is 2.01. The third kappa shape index (κ3) is 2.71. The standard InChI is InChI=1S/C17H18FN5O3/c1-9-5-6-11(7-12(9)18)20-15(24)10(2)23-8-19-14-13(23)16(25)22(4)17(26)21(14)3/h5-8,10H,1-4H3,(H,20,24). The lowest BCUT2D eigenvalue weighted by Gasteiger charge is -2.15. The van der Waals surface area contributed by atoms with Gasteiger partial charge in [-0.2, -0.15) is 0 Å². The van der Waals surface area contributed by atoms with Crippen LogP contribution in [0.4, 0.5) is 10.1 Å². The first kappa shape index (κ1) is 17.6. The number of hydrogen-bond donors (Lipinski definition) is 1. The first-order valence-electron chi connectivity index (χ1n) is 7.92. The van der Waals surface area contributed by atoms with Crippen molar-refractivity contribution >= 4 is 22.8 Å². The number of aryl methyl sites for hydroxylation is 2. The maximum absolute atomic E-state index is 13.6. The fourth-order valence-electron chi connectivity index (χ4n) is 2.70. The van der Waals surface area contributed by atoms with Gasteiger partial charge in [0.05, 0.1) is 6.33 Å². The fourth-order valence-corrected chi connectivity index (χ4v) is 2.70. The molecule has 0 aliphatic carbocycles. The highest BCUT2D eigenvalue weighted by Gasteiger charge is 2.22. The van der Waals surface area contributed by atoms with Crippen LogP contribution in [0.25, 0.3) is 11.2 Å². The number of nitrogens with zero attached hydrogens (tertiary/aromatic N) is 4. The number of anilines is 1. The molecule has 136 valence electrons. The van der Waals surface area contributed by atoms with Gasteiger partial charge in [-0.05, 0) is 31.5 Å². The lowest BCUT2D eigenvalue weighted by atomic mass is 10.2. The van der Waals surface area contributed by atoms with Crippen molar-refractivity contribution in [3.05, 3.63) is 56.7 Å². The number of rotatable bonds is 3. The zero-order chi connectivity index (χ0) is 19.2. The van der Waals surface area contributed by atoms with Crippen LogP contribution in [0, 0.1) is 12.7 Å². The van der Waals surface area contributed by atoms with E-state index in [-0.39, 0.29) is 11.2 Å². The fraction of sp³-hybridized carbons (Fsp3) is 0.294. The van der Waals surface area contributed by atoms with E-state index in [2.05, 4.69) is 10.3 Å². The Bertz CT molecular complexity index is 1140. The van der Waals surface area contributed by atoms with E-state index in [1.165, 1.54) is 35.6 Å². The summed E-state index contributed by atoms with van der Waals surface area (Å²) >= 11 is 0. The van der Waals surface area contributed by atoms with Crippen LogP contribution in [0.15, 0.2) is 34.1 Å². The lowest BCUT2D eigenvalue weighted by molar-refractivity contribution is -0.118. The second kappa shape index (κ2) is 6.25. The molecule has 0 radical (unpaired) electrons. The first-order chi connectivity index (χ1) is 12.2. The van der Waals surface area contributed by atoms with Crippen LogP contribution >= 0.6 is 0 Å². The largest absolute Gasteiger partial charge is 0.332 e. The SMILES string of the molecule is Cc1ccc(NC(=O)C(C)n2cnc3c2c(=O)n(C)c(=O)n3C)cc1F. The number of hydrogen-bond acceptors (Lipinski definition) is 4. The number of imidazole rings is 1. The normalized spacial score (nSPS) is 12.3. The van der Waals surface area contributed by atoms with Crippen molar-refractivity contribution in [2.45, 2.75) is 19.9 Å². The van der Waals surface area contributed by atoms with Crippen LogP contribution in [0.2, 0.25) is 0 Å². The molecule has 3 rings (SSSR count). The minimum absolute atomic E-state index is 0.146. The number of carbonyl (C=O) groups excluding carboxylic acids is 1. The monoisotopic (exact) mass is 359 g/mol. The van der Waals surface area contributed by atoms with Crippen LogP contribution in [0.3, 0.4) is 0 Å². The molecule has 1 atom stereocenters. The van der Waals surface area contributed by atoms with Crippen molar-refractivity contribution in [3.8, 4) is 0 Å². The van der Waals surface area contributed by atoms with E-state index in [1.54, 1.807) is 26.0 Å². The third-order valence-corrected chi connectivity index (χ3v) is 4.41. The quantitative estimate of drug-likeness (QED) is 0.758. The minimum atomic E-state index is -0.797. The van der Waals surface area contributed by atoms with Crippen molar-refractivity contribution in [1.29, 1.82) is 0 Å². The Morgan fingerprint density at radius 3 is 2.58 bits per heavy atom. The van der Waals surface area contributed by atoms with Crippen molar-refractivity contribution in [2.24, 2.45) is 14.1 Å². The van der Waals surface area contributed by atoms with E-state index in [1.807, 2.05) is 0 Å². The van der Waals surface area contributed by atoms with E-state index >= 15 is 0 Å². The Morgan fingerprint density at radius 2 is 1.92 bits per heavy atom. The molecular formula is C17H18FN5O3. The summed E-state index contributed by atoms with van der Waals surface area (Å²) in [6.45, 7) is 3.22. The maximum Gasteiger partial charge on any atom is 0.332 e. The molecule has 0 aliphatic rings. The molecule has 0 spiro atoms. The van der Waals surface area contributed by atoms with Gasteiger partial charge < -0.3 is 9.88 Å². The molecule has 0 aliphatic heterocycles. The molecule has 8 nitrogen and oxygen atoms in total. The molecule has 9 heteroatoms. The highest BCUT2D eigenvalue weighted by atomic mass is 19.1. The maximum atomic E-state index is 13.6. The molecular weight excluding hydrogens is 341 g/mol. The summed E-state index contributed by atoms with van der Waals surface area (Å²) in [7, 11) is 2.86. The molecule has 0 saturated carbocycles. The Labute approximate surface area is 147 Å². The van der Waals surface area contributed by atoms with Crippen molar-refractivity contribution < 1.29 is 9.18 Å². The number of halogens is 1. The number of amides is 1.